The molecule has 5 heteroatoms. The van der Waals surface area contributed by atoms with Crippen molar-refractivity contribution >= 4 is 12.4 Å². The summed E-state index contributed by atoms with van der Waals surface area (Å²) in [6.07, 6.45) is 1.67. The van der Waals surface area contributed by atoms with Crippen molar-refractivity contribution in [3.05, 3.63) is 11.6 Å². The molecule has 0 atom stereocenters. The van der Waals surface area contributed by atoms with E-state index in [0.29, 0.717) is 0 Å². The SMILES string of the molecule is CC(=O)OCC=C(C)CO.O=CO. The molecule has 5 nitrogen and oxygen atoms in total. The van der Waals surface area contributed by atoms with Gasteiger partial charge in [0, 0.05) is 6.92 Å². The third-order valence-corrected chi connectivity index (χ3v) is 0.968. The van der Waals surface area contributed by atoms with Crippen LogP contribution in [0.5, 0.6) is 0 Å². The summed E-state index contributed by atoms with van der Waals surface area (Å²) in [6.45, 7) is 3.13. The lowest BCUT2D eigenvalue weighted by atomic mass is 10.3. The highest BCUT2D eigenvalue weighted by Crippen LogP contribution is 1.89. The van der Waals surface area contributed by atoms with E-state index in [9.17, 15) is 4.79 Å². The number of esters is 1. The number of ether oxygens (including phenoxy) is 1. The average Bonchev–Trinajstić information content (AvgIpc) is 2.05. The van der Waals surface area contributed by atoms with E-state index in [-0.39, 0.29) is 25.7 Å². The van der Waals surface area contributed by atoms with E-state index < -0.39 is 0 Å². The fourth-order valence-electron chi connectivity index (χ4n) is 0.366. The van der Waals surface area contributed by atoms with E-state index >= 15 is 0 Å². The van der Waals surface area contributed by atoms with Crippen molar-refractivity contribution in [2.45, 2.75) is 13.8 Å². The van der Waals surface area contributed by atoms with Gasteiger partial charge < -0.3 is 14.9 Å². The molecule has 0 amide bonds. The van der Waals surface area contributed by atoms with Crippen LogP contribution in [0.3, 0.4) is 0 Å². The van der Waals surface area contributed by atoms with Gasteiger partial charge in [0.05, 0.1) is 6.61 Å². The molecule has 0 saturated carbocycles. The van der Waals surface area contributed by atoms with Gasteiger partial charge in [-0.05, 0) is 18.6 Å². The van der Waals surface area contributed by atoms with Crippen molar-refractivity contribution in [1.82, 2.24) is 0 Å². The molecule has 13 heavy (non-hydrogen) atoms. The maximum absolute atomic E-state index is 10.2. The number of rotatable bonds is 3. The van der Waals surface area contributed by atoms with E-state index in [2.05, 4.69) is 4.74 Å². The van der Waals surface area contributed by atoms with Crippen molar-refractivity contribution in [2.24, 2.45) is 0 Å². The minimum absolute atomic E-state index is 0.0151. The molecular formula is C8H14O5. The summed E-state index contributed by atoms with van der Waals surface area (Å²) in [5, 5.41) is 15.4. The summed E-state index contributed by atoms with van der Waals surface area (Å²) < 4.78 is 4.59. The van der Waals surface area contributed by atoms with Gasteiger partial charge in [0.25, 0.3) is 6.47 Å². The smallest absolute Gasteiger partial charge is 0.302 e. The lowest BCUT2D eigenvalue weighted by Gasteiger charge is -1.96. The Morgan fingerprint density at radius 1 is 1.46 bits per heavy atom. The number of carbonyl (C=O) groups excluding carboxylic acids is 1. The van der Waals surface area contributed by atoms with Crippen LogP contribution in [0.2, 0.25) is 0 Å². The van der Waals surface area contributed by atoms with Gasteiger partial charge in [0.2, 0.25) is 0 Å². The third-order valence-electron chi connectivity index (χ3n) is 0.968. The normalized spacial score (nSPS) is 9.62. The predicted molar refractivity (Wildman–Crippen MR) is 46.2 cm³/mol. The molecule has 0 aliphatic heterocycles. The van der Waals surface area contributed by atoms with E-state index in [0.717, 1.165) is 5.57 Å². The highest BCUT2D eigenvalue weighted by molar-refractivity contribution is 5.66. The zero-order chi connectivity index (χ0) is 10.7. The fourth-order valence-corrected chi connectivity index (χ4v) is 0.366. The lowest BCUT2D eigenvalue weighted by Crippen LogP contribution is -1.99. The maximum atomic E-state index is 10.2. The first-order valence-corrected chi connectivity index (χ1v) is 3.56. The molecule has 0 aromatic carbocycles. The Morgan fingerprint density at radius 2 is 1.92 bits per heavy atom. The van der Waals surface area contributed by atoms with Crippen LogP contribution in [0.4, 0.5) is 0 Å². The minimum Gasteiger partial charge on any atom is -0.483 e. The number of aliphatic hydroxyl groups excluding tert-OH is 1. The number of aliphatic hydroxyl groups is 1. The standard InChI is InChI=1S/C7H12O3.CH2O2/c1-6(5-8)3-4-10-7(2)9;2-1-3/h3,8H,4-5H2,1-2H3;1H,(H,2,3). The maximum Gasteiger partial charge on any atom is 0.302 e. The van der Waals surface area contributed by atoms with Gasteiger partial charge in [-0.3, -0.25) is 9.59 Å². The molecular weight excluding hydrogens is 176 g/mol. The van der Waals surface area contributed by atoms with E-state index in [1.54, 1.807) is 13.0 Å². The van der Waals surface area contributed by atoms with Gasteiger partial charge in [0.15, 0.2) is 0 Å². The first-order valence-electron chi connectivity index (χ1n) is 3.56. The summed E-state index contributed by atoms with van der Waals surface area (Å²) in [5.74, 6) is -0.304. The second-order valence-corrected chi connectivity index (χ2v) is 2.12. The van der Waals surface area contributed by atoms with Crippen molar-refractivity contribution in [3.63, 3.8) is 0 Å². The average molecular weight is 190 g/mol. The highest BCUT2D eigenvalue weighted by atomic mass is 16.5. The van der Waals surface area contributed by atoms with Crippen LogP contribution in [-0.2, 0) is 14.3 Å². The molecule has 0 fully saturated rings. The molecule has 0 unspecified atom stereocenters. The lowest BCUT2D eigenvalue weighted by molar-refractivity contribution is -0.139. The molecule has 0 rings (SSSR count). The van der Waals surface area contributed by atoms with Gasteiger partial charge >= 0.3 is 5.97 Å². The molecule has 76 valence electrons. The summed E-state index contributed by atoms with van der Waals surface area (Å²) in [7, 11) is 0. The molecule has 0 aromatic heterocycles. The second-order valence-electron chi connectivity index (χ2n) is 2.12. The molecule has 2 N–H and O–H groups in total. The Bertz CT molecular complexity index is 173. The van der Waals surface area contributed by atoms with Gasteiger partial charge in [-0.1, -0.05) is 0 Å². The van der Waals surface area contributed by atoms with Crippen LogP contribution in [0.25, 0.3) is 0 Å². The molecule has 0 radical (unpaired) electrons. The van der Waals surface area contributed by atoms with Crippen molar-refractivity contribution < 1.29 is 24.5 Å². The van der Waals surface area contributed by atoms with Gasteiger partial charge in [-0.25, -0.2) is 0 Å². The first kappa shape index (κ1) is 14.2. The zero-order valence-corrected chi connectivity index (χ0v) is 7.69. The van der Waals surface area contributed by atoms with Crippen LogP contribution in [0.1, 0.15) is 13.8 Å². The fraction of sp³-hybridized carbons (Fsp3) is 0.500. The number of hydrogen-bond donors (Lipinski definition) is 2. The molecule has 0 saturated heterocycles. The van der Waals surface area contributed by atoms with E-state index in [1.807, 2.05) is 0 Å². The van der Waals surface area contributed by atoms with Crippen LogP contribution in [0.15, 0.2) is 11.6 Å². The van der Waals surface area contributed by atoms with Gasteiger partial charge in [-0.15, -0.1) is 0 Å². The molecule has 0 aliphatic rings. The van der Waals surface area contributed by atoms with Crippen LogP contribution in [-0.4, -0.2) is 35.9 Å². The molecule has 0 heterocycles. The highest BCUT2D eigenvalue weighted by Gasteiger charge is 1.88. The Balaban J connectivity index is 0. The molecule has 0 spiro atoms. The number of carboxylic acid groups (broad SMARTS) is 1. The van der Waals surface area contributed by atoms with Crippen molar-refractivity contribution in [2.75, 3.05) is 13.2 Å². The summed E-state index contributed by atoms with van der Waals surface area (Å²) in [6, 6.07) is 0. The Labute approximate surface area is 76.6 Å². The van der Waals surface area contributed by atoms with E-state index in [1.165, 1.54) is 6.92 Å². The molecule has 0 aromatic rings. The van der Waals surface area contributed by atoms with Crippen molar-refractivity contribution in [3.8, 4) is 0 Å². The molecule has 0 aliphatic carbocycles. The van der Waals surface area contributed by atoms with Crippen LogP contribution >= 0.6 is 0 Å². The van der Waals surface area contributed by atoms with Crippen LogP contribution in [0, 0.1) is 0 Å². The third kappa shape index (κ3) is 18.0. The Kier molecular flexibility index (Phi) is 11.6. The minimum atomic E-state index is -0.304. The topological polar surface area (TPSA) is 83.8 Å². The van der Waals surface area contributed by atoms with E-state index in [4.69, 9.17) is 15.0 Å². The summed E-state index contributed by atoms with van der Waals surface area (Å²) in [4.78, 5) is 18.6. The summed E-state index contributed by atoms with van der Waals surface area (Å²) in [5.41, 5.74) is 0.807. The van der Waals surface area contributed by atoms with Crippen LogP contribution < -0.4 is 0 Å². The Morgan fingerprint density at radius 3 is 2.23 bits per heavy atom. The van der Waals surface area contributed by atoms with Gasteiger partial charge in [0.1, 0.15) is 6.61 Å². The van der Waals surface area contributed by atoms with Gasteiger partial charge in [-0.2, -0.15) is 0 Å². The number of carbonyl (C=O) groups is 2. The predicted octanol–water partition coefficient (Wildman–Crippen LogP) is 0.189. The largest absolute Gasteiger partial charge is 0.483 e. The Hall–Kier alpha value is -1.36. The second kappa shape index (κ2) is 10.6. The molecule has 0 bridgehead atoms. The summed E-state index contributed by atoms with van der Waals surface area (Å²) >= 11 is 0. The van der Waals surface area contributed by atoms with Crippen molar-refractivity contribution in [1.29, 1.82) is 0 Å². The quantitative estimate of drug-likeness (QED) is 0.377. The monoisotopic (exact) mass is 190 g/mol. The zero-order valence-electron chi connectivity index (χ0n) is 7.69. The first-order chi connectivity index (χ1) is 6.08. The number of hydrogen-bond acceptors (Lipinski definition) is 4.